The van der Waals surface area contributed by atoms with Crippen molar-refractivity contribution in [3.63, 3.8) is 0 Å². The van der Waals surface area contributed by atoms with Crippen LogP contribution in [0.25, 0.3) is 11.3 Å². The zero-order valence-electron chi connectivity index (χ0n) is 16.4. The molecular formula is C21H27N5O2. The van der Waals surface area contributed by atoms with Crippen LogP contribution >= 0.6 is 0 Å². The summed E-state index contributed by atoms with van der Waals surface area (Å²) >= 11 is 0. The van der Waals surface area contributed by atoms with Crippen LogP contribution in [0.3, 0.4) is 0 Å². The number of aromatic nitrogens is 3. The fourth-order valence-electron chi connectivity index (χ4n) is 4.21. The van der Waals surface area contributed by atoms with E-state index in [2.05, 4.69) is 9.88 Å². The number of hydrogen-bond donors (Lipinski definition) is 0. The summed E-state index contributed by atoms with van der Waals surface area (Å²) in [4.78, 5) is 38.4. The summed E-state index contributed by atoms with van der Waals surface area (Å²) in [7, 11) is 1.75. The highest BCUT2D eigenvalue weighted by Gasteiger charge is 2.31. The molecule has 28 heavy (non-hydrogen) atoms. The van der Waals surface area contributed by atoms with Gasteiger partial charge in [-0.2, -0.15) is 0 Å². The summed E-state index contributed by atoms with van der Waals surface area (Å²) in [5.41, 5.74) is 1.41. The average molecular weight is 381 g/mol. The highest BCUT2D eigenvalue weighted by molar-refractivity contribution is 5.79. The lowest BCUT2D eigenvalue weighted by Crippen LogP contribution is -2.47. The van der Waals surface area contributed by atoms with Gasteiger partial charge >= 0.3 is 0 Å². The third-order valence-electron chi connectivity index (χ3n) is 5.81. The molecular weight excluding hydrogens is 354 g/mol. The van der Waals surface area contributed by atoms with E-state index in [1.807, 2.05) is 17.0 Å². The van der Waals surface area contributed by atoms with Crippen molar-refractivity contribution in [3.8, 4) is 11.3 Å². The van der Waals surface area contributed by atoms with E-state index < -0.39 is 0 Å². The van der Waals surface area contributed by atoms with Crippen LogP contribution in [0.5, 0.6) is 0 Å². The SMILES string of the molecule is Cn1c(N2CCCC(C(=O)N3CCCCC3)C2)nc(-c2ccncc2)cc1=O. The van der Waals surface area contributed by atoms with Crippen LogP contribution in [-0.2, 0) is 11.8 Å². The van der Waals surface area contributed by atoms with E-state index in [4.69, 9.17) is 4.98 Å². The van der Waals surface area contributed by atoms with Crippen molar-refractivity contribution in [2.45, 2.75) is 32.1 Å². The number of rotatable bonds is 3. The van der Waals surface area contributed by atoms with Crippen molar-refractivity contribution in [1.82, 2.24) is 19.4 Å². The predicted molar refractivity (Wildman–Crippen MR) is 108 cm³/mol. The minimum absolute atomic E-state index is 0.0201. The molecule has 2 aromatic rings. The van der Waals surface area contributed by atoms with E-state index in [-0.39, 0.29) is 17.4 Å². The molecule has 1 unspecified atom stereocenters. The van der Waals surface area contributed by atoms with Crippen molar-refractivity contribution >= 4 is 11.9 Å². The number of amides is 1. The highest BCUT2D eigenvalue weighted by Crippen LogP contribution is 2.25. The molecule has 0 spiro atoms. The Bertz CT molecular complexity index is 889. The van der Waals surface area contributed by atoms with Gasteiger partial charge in [-0.3, -0.25) is 19.1 Å². The second-order valence-electron chi connectivity index (χ2n) is 7.75. The maximum Gasteiger partial charge on any atom is 0.255 e. The Morgan fingerprint density at radius 1 is 1.07 bits per heavy atom. The predicted octanol–water partition coefficient (Wildman–Crippen LogP) is 2.07. The van der Waals surface area contributed by atoms with Crippen molar-refractivity contribution in [2.75, 3.05) is 31.1 Å². The number of carbonyl (C=O) groups excluding carboxylic acids is 1. The van der Waals surface area contributed by atoms with Gasteiger partial charge in [0.15, 0.2) is 0 Å². The smallest absolute Gasteiger partial charge is 0.255 e. The van der Waals surface area contributed by atoms with E-state index >= 15 is 0 Å². The van der Waals surface area contributed by atoms with Gasteiger partial charge in [0.05, 0.1) is 11.6 Å². The van der Waals surface area contributed by atoms with Gasteiger partial charge in [-0.05, 0) is 44.2 Å². The Hall–Kier alpha value is -2.70. The molecule has 2 fully saturated rings. The molecule has 0 bridgehead atoms. The van der Waals surface area contributed by atoms with E-state index in [1.165, 1.54) is 6.42 Å². The number of carbonyl (C=O) groups is 1. The first-order chi connectivity index (χ1) is 13.6. The lowest BCUT2D eigenvalue weighted by molar-refractivity contribution is -0.136. The van der Waals surface area contributed by atoms with Crippen LogP contribution in [0.2, 0.25) is 0 Å². The zero-order chi connectivity index (χ0) is 19.5. The topological polar surface area (TPSA) is 71.3 Å². The van der Waals surface area contributed by atoms with Crippen LogP contribution in [0.15, 0.2) is 35.4 Å². The van der Waals surface area contributed by atoms with Crippen molar-refractivity contribution in [1.29, 1.82) is 0 Å². The minimum atomic E-state index is -0.0960. The molecule has 4 heterocycles. The molecule has 2 aromatic heterocycles. The molecule has 2 saturated heterocycles. The molecule has 7 heteroatoms. The summed E-state index contributed by atoms with van der Waals surface area (Å²) in [5.74, 6) is 0.878. The zero-order valence-corrected chi connectivity index (χ0v) is 16.4. The van der Waals surface area contributed by atoms with E-state index in [0.717, 1.165) is 50.9 Å². The van der Waals surface area contributed by atoms with E-state index in [9.17, 15) is 9.59 Å². The van der Waals surface area contributed by atoms with Crippen LogP contribution in [0, 0.1) is 5.92 Å². The van der Waals surface area contributed by atoms with Gasteiger partial charge in [0.1, 0.15) is 0 Å². The summed E-state index contributed by atoms with van der Waals surface area (Å²) in [5, 5.41) is 0. The fourth-order valence-corrected chi connectivity index (χ4v) is 4.21. The van der Waals surface area contributed by atoms with Gasteiger partial charge in [0, 0.05) is 57.3 Å². The first-order valence-corrected chi connectivity index (χ1v) is 10.2. The summed E-state index contributed by atoms with van der Waals surface area (Å²) < 4.78 is 1.58. The Labute approximate surface area is 165 Å². The Morgan fingerprint density at radius 2 is 1.82 bits per heavy atom. The Balaban J connectivity index is 1.58. The van der Waals surface area contributed by atoms with Crippen molar-refractivity contribution in [3.05, 3.63) is 40.9 Å². The second kappa shape index (κ2) is 8.12. The molecule has 4 rings (SSSR count). The molecule has 2 aliphatic heterocycles. The molecule has 0 aliphatic carbocycles. The first-order valence-electron chi connectivity index (χ1n) is 10.2. The van der Waals surface area contributed by atoms with Gasteiger partial charge in [0.25, 0.3) is 5.56 Å². The molecule has 148 valence electrons. The lowest BCUT2D eigenvalue weighted by atomic mass is 9.95. The van der Waals surface area contributed by atoms with Gasteiger partial charge in [-0.15, -0.1) is 0 Å². The van der Waals surface area contributed by atoms with Gasteiger partial charge < -0.3 is 9.80 Å². The van der Waals surface area contributed by atoms with E-state index in [0.29, 0.717) is 18.2 Å². The molecule has 1 atom stereocenters. The Morgan fingerprint density at radius 3 is 2.57 bits per heavy atom. The standard InChI is InChI=1S/C21H27N5O2/c1-24-19(27)14-18(16-7-9-22-10-8-16)23-21(24)26-13-5-6-17(15-26)20(28)25-11-3-2-4-12-25/h7-10,14,17H,2-6,11-13,15H2,1H3. The van der Waals surface area contributed by atoms with Crippen LogP contribution in [0.4, 0.5) is 5.95 Å². The third kappa shape index (κ3) is 3.79. The van der Waals surface area contributed by atoms with Gasteiger partial charge in [-0.1, -0.05) is 0 Å². The maximum atomic E-state index is 13.0. The number of likely N-dealkylation sites (tertiary alicyclic amines) is 1. The normalized spacial score (nSPS) is 20.2. The lowest BCUT2D eigenvalue weighted by Gasteiger charge is -2.37. The van der Waals surface area contributed by atoms with Crippen LogP contribution in [-0.4, -0.2) is 51.5 Å². The number of hydrogen-bond acceptors (Lipinski definition) is 5. The Kier molecular flexibility index (Phi) is 5.41. The molecule has 0 aromatic carbocycles. The maximum absolute atomic E-state index is 13.0. The number of pyridine rings is 1. The van der Waals surface area contributed by atoms with E-state index in [1.54, 1.807) is 30.1 Å². The monoisotopic (exact) mass is 381 g/mol. The van der Waals surface area contributed by atoms with Gasteiger partial charge in [-0.25, -0.2) is 4.98 Å². The second-order valence-corrected chi connectivity index (χ2v) is 7.75. The highest BCUT2D eigenvalue weighted by atomic mass is 16.2. The van der Waals surface area contributed by atoms with Crippen LogP contribution < -0.4 is 10.5 Å². The molecule has 0 radical (unpaired) electrons. The summed E-state index contributed by atoms with van der Waals surface area (Å²) in [6.45, 7) is 3.19. The number of nitrogens with zero attached hydrogens (tertiary/aromatic N) is 5. The summed E-state index contributed by atoms with van der Waals surface area (Å²) in [6, 6.07) is 5.26. The minimum Gasteiger partial charge on any atom is -0.342 e. The quantitative estimate of drug-likeness (QED) is 0.814. The first kappa shape index (κ1) is 18.7. The summed E-state index contributed by atoms with van der Waals surface area (Å²) in [6.07, 6.45) is 8.65. The van der Waals surface area contributed by atoms with Gasteiger partial charge in [0.2, 0.25) is 11.9 Å². The number of piperidine rings is 2. The largest absolute Gasteiger partial charge is 0.342 e. The average Bonchev–Trinajstić information content (AvgIpc) is 2.76. The third-order valence-corrected chi connectivity index (χ3v) is 5.81. The molecule has 0 saturated carbocycles. The number of anilines is 1. The molecule has 7 nitrogen and oxygen atoms in total. The molecule has 1 amide bonds. The van der Waals surface area contributed by atoms with Crippen molar-refractivity contribution in [2.24, 2.45) is 13.0 Å². The van der Waals surface area contributed by atoms with Crippen molar-refractivity contribution < 1.29 is 4.79 Å². The fraction of sp³-hybridized carbons (Fsp3) is 0.524. The van der Waals surface area contributed by atoms with Crippen LogP contribution in [0.1, 0.15) is 32.1 Å². The molecule has 0 N–H and O–H groups in total. The molecule has 2 aliphatic rings.